The molecule has 122 valence electrons. The van der Waals surface area contributed by atoms with E-state index in [2.05, 4.69) is 10.3 Å². The van der Waals surface area contributed by atoms with Crippen molar-refractivity contribution in [1.29, 1.82) is 0 Å². The molecule has 0 fully saturated rings. The minimum Gasteiger partial charge on any atom is -0.324 e. The van der Waals surface area contributed by atoms with Crippen molar-refractivity contribution in [2.24, 2.45) is 0 Å². The number of imidazole rings is 1. The number of aryl methyl sites for hydroxylation is 2. The molecule has 2 aromatic carbocycles. The lowest BCUT2D eigenvalue weighted by molar-refractivity contribution is -0.384. The zero-order valence-electron chi connectivity index (χ0n) is 13.3. The fraction of sp³-hybridized carbons (Fsp3) is 0.176. The Hall–Kier alpha value is -3.22. The molecule has 24 heavy (non-hydrogen) atoms. The molecule has 0 radical (unpaired) electrons. The van der Waals surface area contributed by atoms with Crippen molar-refractivity contribution in [3.8, 4) is 0 Å². The Balaban J connectivity index is 1.84. The van der Waals surface area contributed by atoms with E-state index < -0.39 is 4.92 Å². The number of non-ortho nitro benzene ring substituents is 1. The molecule has 0 saturated heterocycles. The lowest BCUT2D eigenvalue weighted by atomic mass is 10.2. The van der Waals surface area contributed by atoms with E-state index in [4.69, 9.17) is 0 Å². The molecule has 1 heterocycles. The Morgan fingerprint density at radius 1 is 1.25 bits per heavy atom. The average molecular weight is 324 g/mol. The fourth-order valence-corrected chi connectivity index (χ4v) is 2.59. The number of amides is 1. The lowest BCUT2D eigenvalue weighted by Gasteiger charge is -2.10. The summed E-state index contributed by atoms with van der Waals surface area (Å²) in [6.45, 7) is 3.72. The van der Waals surface area contributed by atoms with Gasteiger partial charge in [-0.3, -0.25) is 14.9 Å². The third-order valence-electron chi connectivity index (χ3n) is 3.85. The molecule has 3 aromatic rings. The Kier molecular flexibility index (Phi) is 3.99. The van der Waals surface area contributed by atoms with Crippen LogP contribution in [0.2, 0.25) is 0 Å². The smallest absolute Gasteiger partial charge is 0.271 e. The number of benzene rings is 2. The summed E-state index contributed by atoms with van der Waals surface area (Å²) >= 11 is 0. The lowest BCUT2D eigenvalue weighted by Crippen LogP contribution is -2.20. The van der Waals surface area contributed by atoms with Crippen molar-refractivity contribution in [1.82, 2.24) is 9.55 Å². The van der Waals surface area contributed by atoms with Crippen molar-refractivity contribution in [3.63, 3.8) is 0 Å². The van der Waals surface area contributed by atoms with Gasteiger partial charge in [0.15, 0.2) is 0 Å². The van der Waals surface area contributed by atoms with Crippen molar-refractivity contribution < 1.29 is 9.72 Å². The Bertz CT molecular complexity index is 946. The van der Waals surface area contributed by atoms with Crippen LogP contribution in [-0.2, 0) is 11.3 Å². The highest BCUT2D eigenvalue weighted by Crippen LogP contribution is 2.22. The predicted molar refractivity (Wildman–Crippen MR) is 90.9 cm³/mol. The molecular formula is C17H16N4O3. The number of hydrogen-bond donors (Lipinski definition) is 1. The summed E-state index contributed by atoms with van der Waals surface area (Å²) in [6, 6.07) is 12.0. The van der Waals surface area contributed by atoms with Gasteiger partial charge in [0.25, 0.3) is 5.69 Å². The van der Waals surface area contributed by atoms with Crippen LogP contribution in [0, 0.1) is 24.0 Å². The van der Waals surface area contributed by atoms with Crippen molar-refractivity contribution in [3.05, 3.63) is 64.0 Å². The van der Waals surface area contributed by atoms with E-state index in [1.807, 2.05) is 35.8 Å². The number of carbonyl (C=O) groups is 1. The summed E-state index contributed by atoms with van der Waals surface area (Å²) in [5.41, 5.74) is 2.85. The number of nitro benzene ring substituents is 1. The van der Waals surface area contributed by atoms with Gasteiger partial charge in [0.1, 0.15) is 12.4 Å². The van der Waals surface area contributed by atoms with Gasteiger partial charge < -0.3 is 9.88 Å². The standard InChI is InChI=1S/C17H16N4O3/c1-11-7-8-13(21(23)24)9-15(11)19-17(22)10-20-12(2)18-14-5-3-4-6-16(14)20/h3-9H,10H2,1-2H3,(H,19,22). The first-order valence-corrected chi connectivity index (χ1v) is 7.42. The Morgan fingerprint density at radius 3 is 2.75 bits per heavy atom. The topological polar surface area (TPSA) is 90.1 Å². The van der Waals surface area contributed by atoms with Crippen LogP contribution in [0.4, 0.5) is 11.4 Å². The Labute approximate surface area is 138 Å². The maximum Gasteiger partial charge on any atom is 0.271 e. The molecule has 0 aliphatic rings. The number of nitrogens with zero attached hydrogens (tertiary/aromatic N) is 3. The SMILES string of the molecule is Cc1ccc([N+](=O)[O-])cc1NC(=O)Cn1c(C)nc2ccccc21. The van der Waals surface area contributed by atoms with Crippen LogP contribution in [-0.4, -0.2) is 20.4 Å². The van der Waals surface area contributed by atoms with E-state index in [1.54, 1.807) is 13.0 Å². The quantitative estimate of drug-likeness (QED) is 0.589. The monoisotopic (exact) mass is 324 g/mol. The van der Waals surface area contributed by atoms with Crippen LogP contribution in [0.15, 0.2) is 42.5 Å². The van der Waals surface area contributed by atoms with Gasteiger partial charge >= 0.3 is 0 Å². The van der Waals surface area contributed by atoms with Gasteiger partial charge in [0.2, 0.25) is 5.91 Å². The van der Waals surface area contributed by atoms with Crippen LogP contribution in [0.3, 0.4) is 0 Å². The number of aromatic nitrogens is 2. The molecule has 0 spiro atoms. The molecule has 7 heteroatoms. The van der Waals surface area contributed by atoms with E-state index in [0.29, 0.717) is 5.69 Å². The molecule has 0 aliphatic heterocycles. The zero-order valence-corrected chi connectivity index (χ0v) is 13.3. The van der Waals surface area contributed by atoms with Crippen LogP contribution in [0.5, 0.6) is 0 Å². The fourth-order valence-electron chi connectivity index (χ4n) is 2.59. The van der Waals surface area contributed by atoms with Crippen molar-refractivity contribution in [2.75, 3.05) is 5.32 Å². The highest BCUT2D eigenvalue weighted by atomic mass is 16.6. The molecule has 1 N–H and O–H groups in total. The van der Waals surface area contributed by atoms with E-state index in [1.165, 1.54) is 12.1 Å². The molecule has 1 amide bonds. The maximum absolute atomic E-state index is 12.4. The van der Waals surface area contributed by atoms with Crippen LogP contribution in [0.1, 0.15) is 11.4 Å². The zero-order chi connectivity index (χ0) is 17.3. The molecule has 0 unspecified atom stereocenters. The third-order valence-corrected chi connectivity index (χ3v) is 3.85. The average Bonchev–Trinajstić information content (AvgIpc) is 2.85. The summed E-state index contributed by atoms with van der Waals surface area (Å²) in [5.74, 6) is 0.479. The van der Waals surface area contributed by atoms with Crippen molar-refractivity contribution in [2.45, 2.75) is 20.4 Å². The summed E-state index contributed by atoms with van der Waals surface area (Å²) in [5, 5.41) is 13.6. The molecule has 3 rings (SSSR count). The molecule has 0 bridgehead atoms. The molecule has 7 nitrogen and oxygen atoms in total. The van der Waals surface area contributed by atoms with Gasteiger partial charge in [-0.2, -0.15) is 0 Å². The minimum atomic E-state index is -0.484. The van der Waals surface area contributed by atoms with E-state index in [0.717, 1.165) is 22.4 Å². The van der Waals surface area contributed by atoms with E-state index >= 15 is 0 Å². The molecular weight excluding hydrogens is 308 g/mol. The van der Waals surface area contributed by atoms with Crippen molar-refractivity contribution >= 4 is 28.3 Å². The first-order chi connectivity index (χ1) is 11.5. The van der Waals surface area contributed by atoms with Gasteiger partial charge in [0.05, 0.1) is 21.6 Å². The molecule has 0 atom stereocenters. The maximum atomic E-state index is 12.4. The number of carbonyl (C=O) groups excluding carboxylic acids is 1. The molecule has 1 aromatic heterocycles. The molecule has 0 aliphatic carbocycles. The van der Waals surface area contributed by atoms with Gasteiger partial charge in [-0.1, -0.05) is 18.2 Å². The highest BCUT2D eigenvalue weighted by Gasteiger charge is 2.14. The number of fused-ring (bicyclic) bond motifs is 1. The number of nitrogens with one attached hydrogen (secondary N) is 1. The number of para-hydroxylation sites is 2. The molecule has 0 saturated carbocycles. The third kappa shape index (κ3) is 2.96. The van der Waals surface area contributed by atoms with Gasteiger partial charge in [-0.25, -0.2) is 4.98 Å². The number of rotatable bonds is 4. The Morgan fingerprint density at radius 2 is 2.00 bits per heavy atom. The van der Waals surface area contributed by atoms with Gasteiger partial charge in [-0.05, 0) is 31.5 Å². The number of hydrogen-bond acceptors (Lipinski definition) is 4. The predicted octanol–water partition coefficient (Wildman–Crippen LogP) is 3.20. The summed E-state index contributed by atoms with van der Waals surface area (Å²) in [7, 11) is 0. The normalized spacial score (nSPS) is 10.8. The largest absolute Gasteiger partial charge is 0.324 e. The van der Waals surface area contributed by atoms with E-state index in [-0.39, 0.29) is 18.1 Å². The number of nitro groups is 1. The second-order valence-corrected chi connectivity index (χ2v) is 5.54. The van der Waals surface area contributed by atoms with Gasteiger partial charge in [0, 0.05) is 12.1 Å². The van der Waals surface area contributed by atoms with E-state index in [9.17, 15) is 14.9 Å². The van der Waals surface area contributed by atoms with Crippen LogP contribution < -0.4 is 5.32 Å². The summed E-state index contributed by atoms with van der Waals surface area (Å²) in [6.07, 6.45) is 0. The highest BCUT2D eigenvalue weighted by molar-refractivity contribution is 5.92. The number of anilines is 1. The first kappa shape index (κ1) is 15.7. The van der Waals surface area contributed by atoms with Gasteiger partial charge in [-0.15, -0.1) is 0 Å². The summed E-state index contributed by atoms with van der Waals surface area (Å²) < 4.78 is 1.82. The first-order valence-electron chi connectivity index (χ1n) is 7.42. The van der Waals surface area contributed by atoms with Crippen LogP contribution >= 0.6 is 0 Å². The second-order valence-electron chi connectivity index (χ2n) is 5.54. The minimum absolute atomic E-state index is 0.0554. The second kappa shape index (κ2) is 6.11. The van der Waals surface area contributed by atoms with Crippen LogP contribution in [0.25, 0.3) is 11.0 Å². The summed E-state index contributed by atoms with van der Waals surface area (Å²) in [4.78, 5) is 27.2.